The number of benzene rings is 2. The highest BCUT2D eigenvalue weighted by Gasteiger charge is 2.36. The van der Waals surface area contributed by atoms with Crippen LogP contribution in [0, 0.1) is 18.3 Å². The summed E-state index contributed by atoms with van der Waals surface area (Å²) in [6, 6.07) is 22.3. The molecule has 7 nitrogen and oxygen atoms in total. The second-order valence-corrected chi connectivity index (χ2v) is 8.92. The first kappa shape index (κ1) is 23.9. The van der Waals surface area contributed by atoms with E-state index in [-0.39, 0.29) is 17.6 Å². The van der Waals surface area contributed by atoms with Gasteiger partial charge in [-0.2, -0.15) is 5.26 Å². The Hall–Kier alpha value is -4.22. The topological polar surface area (TPSA) is 107 Å². The summed E-state index contributed by atoms with van der Waals surface area (Å²) >= 11 is 1.21. The highest BCUT2D eigenvalue weighted by molar-refractivity contribution is 8.03. The third-order valence-electron chi connectivity index (χ3n) is 5.52. The van der Waals surface area contributed by atoms with Crippen molar-refractivity contribution in [3.05, 3.63) is 106 Å². The molecule has 35 heavy (non-hydrogen) atoms. The SMILES string of the molecule is CC1=C(C(=O)Nc2ccccc2)[C@@H](c2ccco2)C(C#N)=C(SCC(=O)Nc2ccccc2C)N1. The zero-order chi connectivity index (χ0) is 24.8. The number of hydrogen-bond donors (Lipinski definition) is 3. The molecular weight excluding hydrogens is 460 g/mol. The molecule has 0 unspecified atom stereocenters. The molecule has 0 radical (unpaired) electrons. The summed E-state index contributed by atoms with van der Waals surface area (Å²) in [4.78, 5) is 25.9. The Labute approximate surface area is 207 Å². The molecule has 0 saturated heterocycles. The molecule has 4 rings (SSSR count). The average molecular weight is 485 g/mol. The number of rotatable bonds is 7. The minimum atomic E-state index is -0.707. The van der Waals surface area contributed by atoms with Crippen LogP contribution in [-0.2, 0) is 9.59 Å². The lowest BCUT2D eigenvalue weighted by atomic mass is 9.85. The van der Waals surface area contributed by atoms with Crippen LogP contribution in [-0.4, -0.2) is 17.6 Å². The fourth-order valence-corrected chi connectivity index (χ4v) is 4.72. The van der Waals surface area contributed by atoms with Gasteiger partial charge in [-0.05, 0) is 49.7 Å². The monoisotopic (exact) mass is 484 g/mol. The number of anilines is 2. The summed E-state index contributed by atoms with van der Waals surface area (Å²) in [7, 11) is 0. The maximum Gasteiger partial charge on any atom is 0.254 e. The van der Waals surface area contributed by atoms with Gasteiger partial charge in [-0.1, -0.05) is 48.2 Å². The Bertz CT molecular complexity index is 1340. The first-order valence-electron chi connectivity index (χ1n) is 11.0. The minimum Gasteiger partial charge on any atom is -0.468 e. The number of thioether (sulfide) groups is 1. The van der Waals surface area contributed by atoms with Crippen LogP contribution < -0.4 is 16.0 Å². The van der Waals surface area contributed by atoms with E-state index in [0.717, 1.165) is 11.3 Å². The van der Waals surface area contributed by atoms with Crippen molar-refractivity contribution in [1.29, 1.82) is 5.26 Å². The molecule has 8 heteroatoms. The molecule has 2 amide bonds. The number of para-hydroxylation sites is 2. The molecule has 3 N–H and O–H groups in total. The predicted octanol–water partition coefficient (Wildman–Crippen LogP) is 5.29. The minimum absolute atomic E-state index is 0.0888. The molecule has 0 saturated carbocycles. The van der Waals surface area contributed by atoms with Crippen LogP contribution in [0.4, 0.5) is 11.4 Å². The highest BCUT2D eigenvalue weighted by atomic mass is 32.2. The fourth-order valence-electron chi connectivity index (χ4n) is 3.82. The van der Waals surface area contributed by atoms with E-state index in [9.17, 15) is 14.9 Å². The van der Waals surface area contributed by atoms with Crippen molar-refractivity contribution >= 4 is 35.0 Å². The van der Waals surface area contributed by atoms with Gasteiger partial charge in [0.15, 0.2) is 0 Å². The quantitative estimate of drug-likeness (QED) is 0.420. The van der Waals surface area contributed by atoms with Crippen molar-refractivity contribution in [1.82, 2.24) is 5.32 Å². The summed E-state index contributed by atoms with van der Waals surface area (Å²) in [5.74, 6) is -0.674. The number of nitrogens with zero attached hydrogens (tertiary/aromatic N) is 1. The molecule has 3 aromatic rings. The van der Waals surface area contributed by atoms with Crippen LogP contribution in [0.2, 0.25) is 0 Å². The van der Waals surface area contributed by atoms with E-state index in [1.54, 1.807) is 31.2 Å². The molecule has 1 aliphatic heterocycles. The van der Waals surface area contributed by atoms with E-state index in [4.69, 9.17) is 4.42 Å². The van der Waals surface area contributed by atoms with E-state index in [1.165, 1.54) is 18.0 Å². The summed E-state index contributed by atoms with van der Waals surface area (Å²) < 4.78 is 5.63. The third kappa shape index (κ3) is 5.48. The molecule has 0 spiro atoms. The van der Waals surface area contributed by atoms with Crippen LogP contribution in [0.15, 0.2) is 99.3 Å². The molecule has 2 heterocycles. The van der Waals surface area contributed by atoms with E-state index < -0.39 is 5.92 Å². The summed E-state index contributed by atoms with van der Waals surface area (Å²) in [6.45, 7) is 3.70. The Kier molecular flexibility index (Phi) is 7.38. The number of allylic oxidation sites excluding steroid dienone is 2. The summed E-state index contributed by atoms with van der Waals surface area (Å²) in [5, 5.41) is 19.6. The normalized spacial score (nSPS) is 15.3. The van der Waals surface area contributed by atoms with Crippen molar-refractivity contribution in [2.75, 3.05) is 16.4 Å². The van der Waals surface area contributed by atoms with Crippen molar-refractivity contribution in [2.24, 2.45) is 0 Å². The number of nitriles is 1. The van der Waals surface area contributed by atoms with Gasteiger partial charge in [0, 0.05) is 17.1 Å². The molecule has 1 atom stereocenters. The highest BCUT2D eigenvalue weighted by Crippen LogP contribution is 2.41. The molecule has 2 aromatic carbocycles. The van der Waals surface area contributed by atoms with E-state index in [0.29, 0.717) is 33.3 Å². The number of carbonyl (C=O) groups excluding carboxylic acids is 2. The van der Waals surface area contributed by atoms with Crippen LogP contribution >= 0.6 is 11.8 Å². The van der Waals surface area contributed by atoms with Gasteiger partial charge < -0.3 is 20.4 Å². The molecule has 1 aromatic heterocycles. The predicted molar refractivity (Wildman–Crippen MR) is 137 cm³/mol. The Morgan fingerprint density at radius 3 is 2.46 bits per heavy atom. The van der Waals surface area contributed by atoms with Gasteiger partial charge in [0.1, 0.15) is 5.76 Å². The Balaban J connectivity index is 1.58. The maximum atomic E-state index is 13.3. The molecule has 0 aliphatic carbocycles. The lowest BCUT2D eigenvalue weighted by molar-refractivity contribution is -0.114. The van der Waals surface area contributed by atoms with Crippen LogP contribution in [0.25, 0.3) is 0 Å². The largest absolute Gasteiger partial charge is 0.468 e. The molecule has 0 fully saturated rings. The van der Waals surface area contributed by atoms with Crippen LogP contribution in [0.1, 0.15) is 24.2 Å². The maximum absolute atomic E-state index is 13.3. The van der Waals surface area contributed by atoms with E-state index in [1.807, 2.05) is 49.4 Å². The van der Waals surface area contributed by atoms with Crippen molar-refractivity contribution in [3.8, 4) is 6.07 Å². The first-order valence-corrected chi connectivity index (χ1v) is 12.0. The number of carbonyl (C=O) groups is 2. The van der Waals surface area contributed by atoms with Crippen molar-refractivity contribution in [3.63, 3.8) is 0 Å². The van der Waals surface area contributed by atoms with Crippen molar-refractivity contribution < 1.29 is 14.0 Å². The van der Waals surface area contributed by atoms with Gasteiger partial charge >= 0.3 is 0 Å². The molecule has 0 bridgehead atoms. The number of nitrogens with one attached hydrogen (secondary N) is 3. The number of aryl methyl sites for hydroxylation is 1. The molecule has 1 aliphatic rings. The zero-order valence-corrected chi connectivity index (χ0v) is 20.1. The molecule has 176 valence electrons. The number of furan rings is 1. The lowest BCUT2D eigenvalue weighted by Gasteiger charge is -2.28. The zero-order valence-electron chi connectivity index (χ0n) is 19.3. The van der Waals surface area contributed by atoms with Gasteiger partial charge in [0.05, 0.1) is 40.2 Å². The third-order valence-corrected chi connectivity index (χ3v) is 6.54. The van der Waals surface area contributed by atoms with Gasteiger partial charge in [-0.25, -0.2) is 0 Å². The van der Waals surface area contributed by atoms with Gasteiger partial charge in [0.25, 0.3) is 5.91 Å². The van der Waals surface area contributed by atoms with Gasteiger partial charge in [-0.15, -0.1) is 0 Å². The van der Waals surface area contributed by atoms with E-state index in [2.05, 4.69) is 22.0 Å². The summed E-state index contributed by atoms with van der Waals surface area (Å²) in [5.41, 5.74) is 3.64. The van der Waals surface area contributed by atoms with Gasteiger partial charge in [0.2, 0.25) is 5.91 Å². The number of dihydropyridines is 1. The second kappa shape index (κ2) is 10.8. The second-order valence-electron chi connectivity index (χ2n) is 7.94. The van der Waals surface area contributed by atoms with Crippen LogP contribution in [0.5, 0.6) is 0 Å². The standard InChI is InChI=1S/C27H24N4O3S/c1-17-9-6-7-12-21(17)31-23(32)16-35-27-20(15-28)25(22-13-8-14-34-22)24(18(2)29-27)26(33)30-19-10-4-3-5-11-19/h3-14,25,29H,16H2,1-2H3,(H,30,33)(H,31,32)/t25-/m1/s1. The number of amides is 2. The smallest absolute Gasteiger partial charge is 0.254 e. The lowest BCUT2D eigenvalue weighted by Crippen LogP contribution is -2.31. The average Bonchev–Trinajstić information content (AvgIpc) is 3.39. The Morgan fingerprint density at radius 2 is 1.77 bits per heavy atom. The fraction of sp³-hybridized carbons (Fsp3) is 0.148. The summed E-state index contributed by atoms with van der Waals surface area (Å²) in [6.07, 6.45) is 1.51. The van der Waals surface area contributed by atoms with Crippen LogP contribution in [0.3, 0.4) is 0 Å². The molecular formula is C27H24N4O3S. The van der Waals surface area contributed by atoms with Crippen molar-refractivity contribution in [2.45, 2.75) is 19.8 Å². The number of hydrogen-bond acceptors (Lipinski definition) is 6. The van der Waals surface area contributed by atoms with Gasteiger partial charge in [-0.3, -0.25) is 9.59 Å². The van der Waals surface area contributed by atoms with E-state index >= 15 is 0 Å². The Morgan fingerprint density at radius 1 is 1.03 bits per heavy atom. The first-order chi connectivity index (χ1) is 17.0.